The van der Waals surface area contributed by atoms with E-state index in [4.69, 9.17) is 0 Å². The summed E-state index contributed by atoms with van der Waals surface area (Å²) >= 11 is 0. The van der Waals surface area contributed by atoms with Crippen molar-refractivity contribution >= 4 is 0 Å². The predicted molar refractivity (Wildman–Crippen MR) is 57.3 cm³/mol. The minimum Gasteiger partial charge on any atom is -1.00 e. The molecule has 0 aliphatic carbocycles. The molecule has 1 rings (SSSR count). The number of quaternary nitrogens is 1. The Labute approximate surface area is 104 Å². The molecule has 0 aromatic heterocycles. The van der Waals surface area contributed by atoms with Crippen LogP contribution in [0.2, 0.25) is 0 Å². The first-order valence-electron chi connectivity index (χ1n) is 4.61. The Morgan fingerprint density at radius 2 is 1.79 bits per heavy atom. The van der Waals surface area contributed by atoms with Gasteiger partial charge >= 0.3 is 0 Å². The highest BCUT2D eigenvalue weighted by Crippen LogP contribution is 2.08. The maximum Gasteiger partial charge on any atom is 0.104 e. The van der Waals surface area contributed by atoms with Gasteiger partial charge in [-0.05, 0) is 6.08 Å². The highest BCUT2D eigenvalue weighted by atomic mass is 127. The minimum atomic E-state index is 0. The largest absolute Gasteiger partial charge is 1.00 e. The van der Waals surface area contributed by atoms with Gasteiger partial charge in [-0.15, -0.1) is 0 Å². The maximum atomic E-state index is 3.77. The van der Waals surface area contributed by atoms with Crippen LogP contribution in [0.1, 0.15) is 5.56 Å². The molecular weight excluding hydrogens is 285 g/mol. The lowest BCUT2D eigenvalue weighted by molar-refractivity contribution is -0.897. The summed E-state index contributed by atoms with van der Waals surface area (Å²) < 4.78 is 0.966. The molecule has 0 saturated heterocycles. The van der Waals surface area contributed by atoms with Crippen LogP contribution in [-0.2, 0) is 6.54 Å². The molecule has 0 aliphatic heterocycles. The van der Waals surface area contributed by atoms with Crippen molar-refractivity contribution in [3.63, 3.8) is 0 Å². The average molecular weight is 303 g/mol. The molecule has 0 saturated carbocycles. The van der Waals surface area contributed by atoms with Crippen LogP contribution in [0, 0.1) is 0 Å². The Hall–Kier alpha value is -0.350. The van der Waals surface area contributed by atoms with E-state index in [0.29, 0.717) is 0 Å². The van der Waals surface area contributed by atoms with E-state index in [1.54, 1.807) is 0 Å². The van der Waals surface area contributed by atoms with Crippen molar-refractivity contribution in [3.05, 3.63) is 48.6 Å². The van der Waals surface area contributed by atoms with Crippen LogP contribution >= 0.6 is 0 Å². The number of nitrogens with zero attached hydrogens (tertiary/aromatic N) is 1. The summed E-state index contributed by atoms with van der Waals surface area (Å²) in [5, 5.41) is 0. The molecule has 1 nitrogen and oxygen atoms in total. The lowest BCUT2D eigenvalue weighted by atomic mass is 10.2. The third-order valence-electron chi connectivity index (χ3n) is 2.08. The molecule has 2 heteroatoms. The van der Waals surface area contributed by atoms with Gasteiger partial charge in [-0.2, -0.15) is 0 Å². The lowest BCUT2D eigenvalue weighted by Gasteiger charge is -2.28. The van der Waals surface area contributed by atoms with E-state index in [1.165, 1.54) is 5.56 Å². The molecule has 1 aromatic carbocycles. The highest BCUT2D eigenvalue weighted by molar-refractivity contribution is 5.13. The van der Waals surface area contributed by atoms with Crippen molar-refractivity contribution in [2.24, 2.45) is 0 Å². The number of halogens is 1. The van der Waals surface area contributed by atoms with Gasteiger partial charge in [0.1, 0.15) is 6.54 Å². The van der Waals surface area contributed by atoms with E-state index < -0.39 is 0 Å². The molecule has 0 amide bonds. The van der Waals surface area contributed by atoms with Crippen LogP contribution in [0.5, 0.6) is 0 Å². The number of hydrogen-bond donors (Lipinski definition) is 0. The molecule has 0 aliphatic rings. The molecule has 0 heterocycles. The number of benzene rings is 1. The molecule has 0 radical (unpaired) electrons. The normalized spacial score (nSPS) is 10.4. The first kappa shape index (κ1) is 13.7. The van der Waals surface area contributed by atoms with Crippen LogP contribution in [0.4, 0.5) is 0 Å². The molecule has 14 heavy (non-hydrogen) atoms. The van der Waals surface area contributed by atoms with E-state index in [2.05, 4.69) is 51.0 Å². The topological polar surface area (TPSA) is 0 Å². The van der Waals surface area contributed by atoms with Gasteiger partial charge in [0.2, 0.25) is 0 Å². The summed E-state index contributed by atoms with van der Waals surface area (Å²) in [5.41, 5.74) is 1.38. The standard InChI is InChI=1S/C12H18N.HI/c1-4-10-13(2,3)11-12-8-6-5-7-9-12;/h4-9H,1,10-11H2,2-3H3;1H/q+1;/p-1. The fourth-order valence-electron chi connectivity index (χ4n) is 1.49. The van der Waals surface area contributed by atoms with Crippen molar-refractivity contribution < 1.29 is 28.5 Å². The molecule has 78 valence electrons. The lowest BCUT2D eigenvalue weighted by Crippen LogP contribution is -3.00. The fraction of sp³-hybridized carbons (Fsp3) is 0.333. The van der Waals surface area contributed by atoms with Gasteiger partial charge in [0.25, 0.3) is 0 Å². The Balaban J connectivity index is 0.00000169. The van der Waals surface area contributed by atoms with Crippen LogP contribution in [0.3, 0.4) is 0 Å². The van der Waals surface area contributed by atoms with Crippen LogP contribution < -0.4 is 24.0 Å². The van der Waals surface area contributed by atoms with Gasteiger partial charge in [-0.25, -0.2) is 0 Å². The van der Waals surface area contributed by atoms with Crippen LogP contribution in [0.25, 0.3) is 0 Å². The summed E-state index contributed by atoms with van der Waals surface area (Å²) in [6.07, 6.45) is 1.98. The smallest absolute Gasteiger partial charge is 0.104 e. The Bertz CT molecular complexity index is 267. The molecule has 0 unspecified atom stereocenters. The number of likely N-dealkylation sites (N-methyl/N-ethyl adjacent to an activating group) is 1. The second-order valence-corrected chi connectivity index (χ2v) is 4.05. The molecule has 1 aromatic rings. The summed E-state index contributed by atoms with van der Waals surface area (Å²) in [5.74, 6) is 0. The van der Waals surface area contributed by atoms with Gasteiger partial charge < -0.3 is 28.5 Å². The van der Waals surface area contributed by atoms with Crippen molar-refractivity contribution in [1.82, 2.24) is 0 Å². The maximum absolute atomic E-state index is 3.77. The zero-order valence-electron chi connectivity index (χ0n) is 8.91. The second kappa shape index (κ2) is 6.19. The third-order valence-corrected chi connectivity index (χ3v) is 2.08. The first-order chi connectivity index (χ1) is 6.14. The van der Waals surface area contributed by atoms with Crippen molar-refractivity contribution in [2.45, 2.75) is 6.54 Å². The number of hydrogen-bond acceptors (Lipinski definition) is 0. The zero-order valence-corrected chi connectivity index (χ0v) is 11.1. The van der Waals surface area contributed by atoms with Crippen LogP contribution in [-0.4, -0.2) is 25.1 Å². The van der Waals surface area contributed by atoms with Gasteiger partial charge in [0.05, 0.1) is 20.6 Å². The molecular formula is C12H18IN. The summed E-state index contributed by atoms with van der Waals surface area (Å²) in [6, 6.07) is 10.6. The fourth-order valence-corrected chi connectivity index (χ4v) is 1.49. The third kappa shape index (κ3) is 4.77. The average Bonchev–Trinajstić information content (AvgIpc) is 2.04. The van der Waals surface area contributed by atoms with Crippen molar-refractivity contribution in [2.75, 3.05) is 20.6 Å². The van der Waals surface area contributed by atoms with E-state index in [-0.39, 0.29) is 24.0 Å². The quantitative estimate of drug-likeness (QED) is 0.398. The van der Waals surface area contributed by atoms with Crippen LogP contribution in [0.15, 0.2) is 43.0 Å². The summed E-state index contributed by atoms with van der Waals surface area (Å²) in [6.45, 7) is 5.84. The van der Waals surface area contributed by atoms with Gasteiger partial charge in [0.15, 0.2) is 0 Å². The SMILES string of the molecule is C=CC[N+](C)(C)Cc1ccccc1.[I-]. The van der Waals surface area contributed by atoms with Crippen molar-refractivity contribution in [1.29, 1.82) is 0 Å². The molecule has 0 fully saturated rings. The minimum absolute atomic E-state index is 0. The Morgan fingerprint density at radius 1 is 1.21 bits per heavy atom. The van der Waals surface area contributed by atoms with E-state index in [1.807, 2.05) is 6.08 Å². The summed E-state index contributed by atoms with van der Waals surface area (Å²) in [7, 11) is 4.43. The highest BCUT2D eigenvalue weighted by Gasteiger charge is 2.12. The zero-order chi connectivity index (χ0) is 9.73. The van der Waals surface area contributed by atoms with E-state index >= 15 is 0 Å². The molecule has 0 spiro atoms. The Kier molecular flexibility index (Phi) is 6.04. The van der Waals surface area contributed by atoms with Gasteiger partial charge in [-0.3, -0.25) is 0 Å². The monoisotopic (exact) mass is 303 g/mol. The molecule has 0 bridgehead atoms. The molecule has 0 atom stereocenters. The van der Waals surface area contributed by atoms with E-state index in [9.17, 15) is 0 Å². The van der Waals surface area contributed by atoms with Crippen molar-refractivity contribution in [3.8, 4) is 0 Å². The summed E-state index contributed by atoms with van der Waals surface area (Å²) in [4.78, 5) is 0. The van der Waals surface area contributed by atoms with E-state index in [0.717, 1.165) is 17.6 Å². The van der Waals surface area contributed by atoms with Gasteiger partial charge in [-0.1, -0.05) is 36.9 Å². The number of rotatable bonds is 4. The predicted octanol–water partition coefficient (Wildman–Crippen LogP) is -0.547. The van der Waals surface area contributed by atoms with Gasteiger partial charge in [0, 0.05) is 5.56 Å². The molecule has 0 N–H and O–H groups in total. The first-order valence-corrected chi connectivity index (χ1v) is 4.61. The Morgan fingerprint density at radius 3 is 2.29 bits per heavy atom. The second-order valence-electron chi connectivity index (χ2n) is 4.05.